The summed E-state index contributed by atoms with van der Waals surface area (Å²) in [5.41, 5.74) is 3.95. The fourth-order valence-corrected chi connectivity index (χ4v) is 1.23. The van der Waals surface area contributed by atoms with Crippen molar-refractivity contribution < 1.29 is 19.4 Å². The third-order valence-electron chi connectivity index (χ3n) is 2.20. The SMILES string of the molecule is CC(C)(C)OC(=O)C(C(=O)O)C(C)(C)CN. The zero-order valence-corrected chi connectivity index (χ0v) is 10.5. The zero-order valence-electron chi connectivity index (χ0n) is 10.5. The van der Waals surface area contributed by atoms with Gasteiger partial charge < -0.3 is 15.6 Å². The van der Waals surface area contributed by atoms with Gasteiger partial charge in [-0.1, -0.05) is 13.8 Å². The first-order valence-corrected chi connectivity index (χ1v) is 5.17. The molecule has 0 spiro atoms. The number of aliphatic carboxylic acids is 1. The van der Waals surface area contributed by atoms with Gasteiger partial charge in [-0.25, -0.2) is 0 Å². The number of carboxylic acids is 1. The Kier molecular flexibility index (Phi) is 4.49. The number of ether oxygens (including phenoxy) is 1. The van der Waals surface area contributed by atoms with Crippen LogP contribution < -0.4 is 5.73 Å². The molecule has 0 aromatic carbocycles. The van der Waals surface area contributed by atoms with Gasteiger partial charge in [0.05, 0.1) is 0 Å². The lowest BCUT2D eigenvalue weighted by Gasteiger charge is -2.30. The van der Waals surface area contributed by atoms with E-state index >= 15 is 0 Å². The maximum absolute atomic E-state index is 11.7. The maximum Gasteiger partial charge on any atom is 0.321 e. The Hall–Kier alpha value is -1.10. The fourth-order valence-electron chi connectivity index (χ4n) is 1.23. The van der Waals surface area contributed by atoms with Crippen LogP contribution in [-0.4, -0.2) is 29.2 Å². The number of carbonyl (C=O) groups is 2. The molecule has 3 N–H and O–H groups in total. The van der Waals surface area contributed by atoms with E-state index in [1.807, 2.05) is 0 Å². The second-order valence-corrected chi connectivity index (χ2v) is 5.50. The number of hydrogen-bond acceptors (Lipinski definition) is 4. The third kappa shape index (κ3) is 4.18. The number of hydrogen-bond donors (Lipinski definition) is 2. The number of carbonyl (C=O) groups excluding carboxylic acids is 1. The van der Waals surface area contributed by atoms with Gasteiger partial charge in [0.25, 0.3) is 0 Å². The number of carboxylic acid groups (broad SMARTS) is 1. The van der Waals surface area contributed by atoms with E-state index in [1.54, 1.807) is 34.6 Å². The van der Waals surface area contributed by atoms with Gasteiger partial charge in [0, 0.05) is 5.41 Å². The molecular formula is C11H21NO4. The van der Waals surface area contributed by atoms with Crippen LogP contribution in [0.3, 0.4) is 0 Å². The summed E-state index contributed by atoms with van der Waals surface area (Å²) in [7, 11) is 0. The Morgan fingerprint density at radius 1 is 1.25 bits per heavy atom. The molecule has 0 aliphatic rings. The van der Waals surface area contributed by atoms with Crippen LogP contribution >= 0.6 is 0 Å². The fraction of sp³-hybridized carbons (Fsp3) is 0.818. The van der Waals surface area contributed by atoms with Gasteiger partial charge in [-0.05, 0) is 27.3 Å². The molecule has 1 unspecified atom stereocenters. The summed E-state index contributed by atoms with van der Waals surface area (Å²) >= 11 is 0. The summed E-state index contributed by atoms with van der Waals surface area (Å²) in [5.74, 6) is -3.18. The zero-order chi connectivity index (χ0) is 13.1. The minimum atomic E-state index is -1.24. The average molecular weight is 231 g/mol. The Balaban J connectivity index is 4.96. The van der Waals surface area contributed by atoms with E-state index in [9.17, 15) is 9.59 Å². The first kappa shape index (κ1) is 14.9. The van der Waals surface area contributed by atoms with Crippen LogP contribution in [0.25, 0.3) is 0 Å². The summed E-state index contributed by atoms with van der Waals surface area (Å²) in [4.78, 5) is 22.8. The lowest BCUT2D eigenvalue weighted by molar-refractivity contribution is -0.172. The predicted molar refractivity (Wildman–Crippen MR) is 59.8 cm³/mol. The van der Waals surface area contributed by atoms with Gasteiger partial charge in [-0.2, -0.15) is 0 Å². The second-order valence-electron chi connectivity index (χ2n) is 5.50. The van der Waals surface area contributed by atoms with Crippen LogP contribution in [0.5, 0.6) is 0 Å². The second kappa shape index (κ2) is 4.82. The molecule has 0 rings (SSSR count). The van der Waals surface area contributed by atoms with Gasteiger partial charge in [0.15, 0.2) is 5.92 Å². The molecule has 94 valence electrons. The van der Waals surface area contributed by atoms with Gasteiger partial charge in [-0.15, -0.1) is 0 Å². The van der Waals surface area contributed by atoms with E-state index in [-0.39, 0.29) is 6.54 Å². The Morgan fingerprint density at radius 3 is 1.94 bits per heavy atom. The van der Waals surface area contributed by atoms with Gasteiger partial charge >= 0.3 is 11.9 Å². The highest BCUT2D eigenvalue weighted by atomic mass is 16.6. The monoisotopic (exact) mass is 231 g/mol. The molecule has 1 atom stereocenters. The molecule has 0 aromatic heterocycles. The number of nitrogens with two attached hydrogens (primary N) is 1. The highest BCUT2D eigenvalue weighted by Crippen LogP contribution is 2.28. The lowest BCUT2D eigenvalue weighted by atomic mass is 9.79. The van der Waals surface area contributed by atoms with Crippen LogP contribution in [0, 0.1) is 11.3 Å². The van der Waals surface area contributed by atoms with Crippen LogP contribution in [0.4, 0.5) is 0 Å². The molecule has 0 aliphatic carbocycles. The molecule has 0 radical (unpaired) electrons. The molecule has 0 heterocycles. The number of rotatable bonds is 4. The van der Waals surface area contributed by atoms with Crippen LogP contribution in [0.2, 0.25) is 0 Å². The molecule has 16 heavy (non-hydrogen) atoms. The van der Waals surface area contributed by atoms with Crippen molar-refractivity contribution in [3.05, 3.63) is 0 Å². The van der Waals surface area contributed by atoms with Crippen molar-refractivity contribution in [1.29, 1.82) is 0 Å². The van der Waals surface area contributed by atoms with Gasteiger partial charge in [-0.3, -0.25) is 9.59 Å². The average Bonchev–Trinajstić information content (AvgIpc) is 1.98. The smallest absolute Gasteiger partial charge is 0.321 e. The summed E-state index contributed by atoms with van der Waals surface area (Å²) in [6, 6.07) is 0. The third-order valence-corrected chi connectivity index (χ3v) is 2.20. The van der Waals surface area contributed by atoms with E-state index in [1.165, 1.54) is 0 Å². The molecular weight excluding hydrogens is 210 g/mol. The number of esters is 1. The lowest BCUT2D eigenvalue weighted by Crippen LogP contribution is -2.44. The van der Waals surface area contributed by atoms with Crippen LogP contribution in [-0.2, 0) is 14.3 Å². The van der Waals surface area contributed by atoms with Crippen LogP contribution in [0.15, 0.2) is 0 Å². The van der Waals surface area contributed by atoms with Crippen molar-refractivity contribution in [3.63, 3.8) is 0 Å². The highest BCUT2D eigenvalue weighted by Gasteiger charge is 2.42. The van der Waals surface area contributed by atoms with Crippen molar-refractivity contribution in [2.45, 2.75) is 40.2 Å². The molecule has 0 fully saturated rings. The van der Waals surface area contributed by atoms with Crippen molar-refractivity contribution in [2.24, 2.45) is 17.1 Å². The van der Waals surface area contributed by atoms with E-state index in [2.05, 4.69) is 0 Å². The molecule has 0 saturated heterocycles. The maximum atomic E-state index is 11.7. The van der Waals surface area contributed by atoms with E-state index in [0.717, 1.165) is 0 Å². The van der Waals surface area contributed by atoms with Crippen LogP contribution in [0.1, 0.15) is 34.6 Å². The van der Waals surface area contributed by atoms with Crippen molar-refractivity contribution >= 4 is 11.9 Å². The van der Waals surface area contributed by atoms with Crippen molar-refractivity contribution in [3.8, 4) is 0 Å². The Labute approximate surface area is 96.0 Å². The first-order valence-electron chi connectivity index (χ1n) is 5.17. The highest BCUT2D eigenvalue weighted by molar-refractivity contribution is 5.95. The topological polar surface area (TPSA) is 89.6 Å². The molecule has 0 bridgehead atoms. The minimum absolute atomic E-state index is 0.100. The first-order chi connectivity index (χ1) is 7.01. The summed E-state index contributed by atoms with van der Waals surface area (Å²) in [6.07, 6.45) is 0. The summed E-state index contributed by atoms with van der Waals surface area (Å²) in [6.45, 7) is 8.45. The normalized spacial score (nSPS) is 14.4. The Morgan fingerprint density at radius 2 is 1.69 bits per heavy atom. The summed E-state index contributed by atoms with van der Waals surface area (Å²) in [5, 5.41) is 9.05. The molecule has 0 amide bonds. The largest absolute Gasteiger partial charge is 0.481 e. The van der Waals surface area contributed by atoms with E-state index < -0.39 is 28.9 Å². The molecule has 0 saturated carbocycles. The van der Waals surface area contributed by atoms with Gasteiger partial charge in [0.1, 0.15) is 5.60 Å². The van der Waals surface area contributed by atoms with Gasteiger partial charge in [0.2, 0.25) is 0 Å². The van der Waals surface area contributed by atoms with Crippen molar-refractivity contribution in [2.75, 3.05) is 6.54 Å². The minimum Gasteiger partial charge on any atom is -0.481 e. The molecule has 0 aliphatic heterocycles. The standard InChI is InChI=1S/C11H21NO4/c1-10(2,3)16-9(15)7(8(13)14)11(4,5)6-12/h7H,6,12H2,1-5H3,(H,13,14). The molecule has 0 aromatic rings. The Bertz CT molecular complexity index is 278. The predicted octanol–water partition coefficient (Wildman–Crippen LogP) is 1.01. The molecule has 5 nitrogen and oxygen atoms in total. The quantitative estimate of drug-likeness (QED) is 0.556. The van der Waals surface area contributed by atoms with E-state index in [0.29, 0.717) is 0 Å². The van der Waals surface area contributed by atoms with Crippen molar-refractivity contribution in [1.82, 2.24) is 0 Å². The van der Waals surface area contributed by atoms with E-state index in [4.69, 9.17) is 15.6 Å². The summed E-state index contributed by atoms with van der Waals surface area (Å²) < 4.78 is 5.07. The molecule has 5 heteroatoms.